The standard InChI is InChI=1S/C16H16F2N2O3S/c17-11-3-1-2-10(6-11)16(8-13(21)9-19)24-15-5-4-12(18)7-14(15)20(22)23/h1-7,13,16,21H,8-9,19H2/t13-,16-/m1/s1. The van der Waals surface area contributed by atoms with E-state index in [1.54, 1.807) is 6.07 Å². The van der Waals surface area contributed by atoms with E-state index in [1.807, 2.05) is 0 Å². The number of rotatable bonds is 7. The van der Waals surface area contributed by atoms with Crippen LogP contribution in [0.25, 0.3) is 0 Å². The maximum atomic E-state index is 13.5. The number of nitro groups is 1. The second kappa shape index (κ2) is 8.18. The maximum absolute atomic E-state index is 13.5. The van der Waals surface area contributed by atoms with E-state index in [0.717, 1.165) is 23.9 Å². The zero-order valence-corrected chi connectivity index (χ0v) is 13.4. The Morgan fingerprint density at radius 3 is 2.54 bits per heavy atom. The van der Waals surface area contributed by atoms with E-state index >= 15 is 0 Å². The number of hydrogen-bond donors (Lipinski definition) is 2. The van der Waals surface area contributed by atoms with E-state index in [-0.39, 0.29) is 23.5 Å². The number of thioether (sulfide) groups is 1. The maximum Gasteiger partial charge on any atom is 0.285 e. The van der Waals surface area contributed by atoms with Crippen LogP contribution in [-0.2, 0) is 0 Å². The van der Waals surface area contributed by atoms with Crippen molar-refractivity contribution in [2.45, 2.75) is 22.7 Å². The van der Waals surface area contributed by atoms with Gasteiger partial charge in [0.2, 0.25) is 0 Å². The van der Waals surface area contributed by atoms with Crippen molar-refractivity contribution in [1.29, 1.82) is 0 Å². The molecular weight excluding hydrogens is 338 g/mol. The molecule has 2 aromatic rings. The Hall–Kier alpha value is -2.03. The van der Waals surface area contributed by atoms with Gasteiger partial charge < -0.3 is 10.8 Å². The summed E-state index contributed by atoms with van der Waals surface area (Å²) < 4.78 is 26.8. The lowest BCUT2D eigenvalue weighted by Crippen LogP contribution is -2.21. The zero-order valence-electron chi connectivity index (χ0n) is 12.6. The van der Waals surface area contributed by atoms with Gasteiger partial charge in [0.25, 0.3) is 5.69 Å². The molecule has 0 aromatic heterocycles. The van der Waals surface area contributed by atoms with Crippen molar-refractivity contribution in [3.63, 3.8) is 0 Å². The number of benzene rings is 2. The molecule has 0 radical (unpaired) electrons. The predicted molar refractivity (Wildman–Crippen MR) is 87.7 cm³/mol. The minimum atomic E-state index is -0.842. The Labute approximate surface area is 141 Å². The van der Waals surface area contributed by atoms with Gasteiger partial charge >= 0.3 is 0 Å². The number of halogens is 2. The minimum Gasteiger partial charge on any atom is -0.392 e. The molecule has 0 bridgehead atoms. The summed E-state index contributed by atoms with van der Waals surface area (Å²) in [7, 11) is 0. The van der Waals surface area contributed by atoms with Gasteiger partial charge in [-0.3, -0.25) is 10.1 Å². The first-order chi connectivity index (χ1) is 11.4. The van der Waals surface area contributed by atoms with E-state index in [0.29, 0.717) is 5.56 Å². The summed E-state index contributed by atoms with van der Waals surface area (Å²) in [5.41, 5.74) is 5.62. The summed E-state index contributed by atoms with van der Waals surface area (Å²) in [6.07, 6.45) is -0.663. The van der Waals surface area contributed by atoms with Crippen LogP contribution in [0.2, 0.25) is 0 Å². The van der Waals surface area contributed by atoms with Crippen molar-refractivity contribution < 1.29 is 18.8 Å². The lowest BCUT2D eigenvalue weighted by atomic mass is 10.1. The molecule has 128 valence electrons. The lowest BCUT2D eigenvalue weighted by molar-refractivity contribution is -0.387. The molecule has 0 fully saturated rings. The molecule has 2 aromatic carbocycles. The van der Waals surface area contributed by atoms with Crippen LogP contribution in [-0.4, -0.2) is 22.7 Å². The van der Waals surface area contributed by atoms with E-state index in [4.69, 9.17) is 5.73 Å². The monoisotopic (exact) mass is 354 g/mol. The largest absolute Gasteiger partial charge is 0.392 e. The molecule has 0 spiro atoms. The lowest BCUT2D eigenvalue weighted by Gasteiger charge is -2.20. The topological polar surface area (TPSA) is 89.4 Å². The van der Waals surface area contributed by atoms with Gasteiger partial charge in [-0.05, 0) is 36.2 Å². The molecule has 5 nitrogen and oxygen atoms in total. The first kappa shape index (κ1) is 18.3. The van der Waals surface area contributed by atoms with Crippen molar-refractivity contribution in [2.24, 2.45) is 5.73 Å². The van der Waals surface area contributed by atoms with Gasteiger partial charge in [0, 0.05) is 11.8 Å². The summed E-state index contributed by atoms with van der Waals surface area (Å²) in [5, 5.41) is 20.5. The highest BCUT2D eigenvalue weighted by Gasteiger charge is 2.23. The summed E-state index contributed by atoms with van der Waals surface area (Å²) in [6.45, 7) is 0.0118. The van der Waals surface area contributed by atoms with E-state index < -0.39 is 27.9 Å². The van der Waals surface area contributed by atoms with Gasteiger partial charge in [0.15, 0.2) is 0 Å². The number of aliphatic hydroxyl groups excluding tert-OH is 1. The van der Waals surface area contributed by atoms with Crippen LogP contribution in [0, 0.1) is 21.7 Å². The third kappa shape index (κ3) is 4.73. The Bertz CT molecular complexity index is 730. The zero-order chi connectivity index (χ0) is 17.7. The van der Waals surface area contributed by atoms with Crippen LogP contribution < -0.4 is 5.73 Å². The van der Waals surface area contributed by atoms with Crippen LogP contribution >= 0.6 is 11.8 Å². The normalized spacial score (nSPS) is 13.5. The molecule has 0 amide bonds. The summed E-state index contributed by atoms with van der Waals surface area (Å²) in [4.78, 5) is 10.7. The fourth-order valence-electron chi connectivity index (χ4n) is 2.19. The Balaban J connectivity index is 2.37. The third-order valence-electron chi connectivity index (χ3n) is 3.37. The van der Waals surface area contributed by atoms with Crippen molar-refractivity contribution in [2.75, 3.05) is 6.54 Å². The van der Waals surface area contributed by atoms with Gasteiger partial charge in [0.05, 0.1) is 22.0 Å². The van der Waals surface area contributed by atoms with Gasteiger partial charge in [-0.2, -0.15) is 0 Å². The summed E-state index contributed by atoms with van der Waals surface area (Å²) in [6, 6.07) is 9.04. The van der Waals surface area contributed by atoms with Crippen LogP contribution in [0.1, 0.15) is 17.2 Å². The quantitative estimate of drug-likeness (QED) is 0.452. The van der Waals surface area contributed by atoms with Crippen LogP contribution in [0.5, 0.6) is 0 Å². The number of hydrogen-bond acceptors (Lipinski definition) is 5. The Kier molecular flexibility index (Phi) is 6.24. The van der Waals surface area contributed by atoms with Gasteiger partial charge in [-0.15, -0.1) is 11.8 Å². The summed E-state index contributed by atoms with van der Waals surface area (Å²) >= 11 is 1.07. The van der Waals surface area contributed by atoms with Crippen molar-refractivity contribution >= 4 is 17.4 Å². The highest BCUT2D eigenvalue weighted by Crippen LogP contribution is 2.42. The molecule has 2 rings (SSSR count). The van der Waals surface area contributed by atoms with Crippen molar-refractivity contribution in [1.82, 2.24) is 0 Å². The Morgan fingerprint density at radius 1 is 1.21 bits per heavy atom. The molecule has 8 heteroatoms. The van der Waals surface area contributed by atoms with E-state index in [1.165, 1.54) is 24.3 Å². The predicted octanol–water partition coefficient (Wildman–Crippen LogP) is 3.42. The molecule has 3 N–H and O–H groups in total. The molecule has 2 atom stereocenters. The SMILES string of the molecule is NC[C@H](O)C[C@@H](Sc1ccc(F)cc1[N+](=O)[O-])c1cccc(F)c1. The second-order valence-corrected chi connectivity index (χ2v) is 6.40. The van der Waals surface area contributed by atoms with Gasteiger partial charge in [-0.1, -0.05) is 12.1 Å². The van der Waals surface area contributed by atoms with E-state index in [2.05, 4.69) is 0 Å². The van der Waals surface area contributed by atoms with E-state index in [9.17, 15) is 24.0 Å². The fraction of sp³-hybridized carbons (Fsp3) is 0.250. The second-order valence-electron chi connectivity index (χ2n) is 5.16. The number of nitrogens with two attached hydrogens (primary N) is 1. The Morgan fingerprint density at radius 2 is 1.92 bits per heavy atom. The van der Waals surface area contributed by atoms with Gasteiger partial charge in [-0.25, -0.2) is 8.78 Å². The number of nitro benzene ring substituents is 1. The average molecular weight is 354 g/mol. The number of nitrogens with zero attached hydrogens (tertiary/aromatic N) is 1. The molecule has 24 heavy (non-hydrogen) atoms. The van der Waals surface area contributed by atoms with Gasteiger partial charge in [0.1, 0.15) is 11.6 Å². The fourth-order valence-corrected chi connectivity index (χ4v) is 3.50. The molecule has 0 heterocycles. The smallest absolute Gasteiger partial charge is 0.285 e. The third-order valence-corrected chi connectivity index (χ3v) is 4.71. The molecule has 0 aliphatic heterocycles. The summed E-state index contributed by atoms with van der Waals surface area (Å²) in [5.74, 6) is -1.16. The average Bonchev–Trinajstić information content (AvgIpc) is 2.55. The first-order valence-corrected chi connectivity index (χ1v) is 8.03. The van der Waals surface area contributed by atoms with Crippen LogP contribution in [0.3, 0.4) is 0 Å². The first-order valence-electron chi connectivity index (χ1n) is 7.15. The molecule has 0 saturated carbocycles. The molecular formula is C16H16F2N2O3S. The highest BCUT2D eigenvalue weighted by molar-refractivity contribution is 7.99. The molecule has 0 aliphatic carbocycles. The molecule has 0 unspecified atom stereocenters. The molecule has 0 saturated heterocycles. The van der Waals surface area contributed by atoms with Crippen LogP contribution in [0.15, 0.2) is 47.4 Å². The van der Waals surface area contributed by atoms with Crippen molar-refractivity contribution in [3.8, 4) is 0 Å². The highest BCUT2D eigenvalue weighted by atomic mass is 32.2. The number of aliphatic hydroxyl groups is 1. The van der Waals surface area contributed by atoms with Crippen molar-refractivity contribution in [3.05, 3.63) is 69.8 Å². The minimum absolute atomic E-state index is 0.0118. The van der Waals surface area contributed by atoms with Crippen LogP contribution in [0.4, 0.5) is 14.5 Å². The molecule has 0 aliphatic rings.